The molecule has 0 saturated carbocycles. The van der Waals surface area contributed by atoms with E-state index in [4.69, 9.17) is 5.26 Å². The molecule has 0 heterocycles. The highest BCUT2D eigenvalue weighted by atomic mass is 16.1. The molecule has 0 atom stereocenters. The number of hydrogen-bond acceptors (Lipinski definition) is 2. The number of nitrogens with zero attached hydrogens (tertiary/aromatic N) is 1. The van der Waals surface area contributed by atoms with Crippen LogP contribution in [0.2, 0.25) is 0 Å². The van der Waals surface area contributed by atoms with E-state index in [-0.39, 0.29) is 18.7 Å². The maximum absolute atomic E-state index is 11.2. The maximum Gasteiger partial charge on any atom is 0.225 e. The number of carbonyl (C=O) groups excluding carboxylic acids is 1. The van der Waals surface area contributed by atoms with Crippen LogP contribution >= 0.6 is 0 Å². The van der Waals surface area contributed by atoms with Gasteiger partial charge >= 0.3 is 0 Å². The summed E-state index contributed by atoms with van der Waals surface area (Å²) in [6.07, 6.45) is 0.516. The van der Waals surface area contributed by atoms with Crippen LogP contribution in [0.3, 0.4) is 0 Å². The Morgan fingerprint density at radius 3 is 3.00 bits per heavy atom. The van der Waals surface area contributed by atoms with Gasteiger partial charge in [0.05, 0.1) is 6.07 Å². The molecule has 0 fully saturated rings. The van der Waals surface area contributed by atoms with E-state index in [2.05, 4.69) is 5.32 Å². The van der Waals surface area contributed by atoms with E-state index in [0.717, 1.165) is 11.3 Å². The highest BCUT2D eigenvalue weighted by Crippen LogP contribution is 2.09. The average Bonchev–Trinajstić information content (AvgIpc) is 2.15. The molecule has 14 heavy (non-hydrogen) atoms. The predicted octanol–water partition coefficient (Wildman–Crippen LogP) is 2.24. The minimum atomic E-state index is -0.114. The standard InChI is InChI=1S/C11H12N2O/c1-9-4-2-5-10(8-9)13-11(14)6-3-7-12/h2,4-5,8H,3,6H2,1H3,(H,13,14). The topological polar surface area (TPSA) is 52.9 Å². The number of amides is 1. The lowest BCUT2D eigenvalue weighted by Crippen LogP contribution is -2.10. The monoisotopic (exact) mass is 188 g/mol. The van der Waals surface area contributed by atoms with Crippen molar-refractivity contribution in [2.24, 2.45) is 0 Å². The van der Waals surface area contributed by atoms with Crippen molar-refractivity contribution in [2.75, 3.05) is 5.32 Å². The summed E-state index contributed by atoms with van der Waals surface area (Å²) < 4.78 is 0. The Labute approximate surface area is 83.4 Å². The minimum absolute atomic E-state index is 0.114. The molecule has 1 aromatic carbocycles. The highest BCUT2D eigenvalue weighted by Gasteiger charge is 2.00. The first-order chi connectivity index (χ1) is 6.72. The second-order valence-electron chi connectivity index (χ2n) is 3.08. The zero-order valence-corrected chi connectivity index (χ0v) is 8.08. The van der Waals surface area contributed by atoms with Crippen molar-refractivity contribution in [3.63, 3.8) is 0 Å². The Balaban J connectivity index is 2.53. The van der Waals surface area contributed by atoms with Gasteiger partial charge in [0.2, 0.25) is 5.91 Å². The molecule has 0 spiro atoms. The number of hydrogen-bond donors (Lipinski definition) is 1. The Morgan fingerprint density at radius 2 is 2.36 bits per heavy atom. The lowest BCUT2D eigenvalue weighted by atomic mass is 10.2. The fourth-order valence-electron chi connectivity index (χ4n) is 1.12. The normalized spacial score (nSPS) is 9.14. The van der Waals surface area contributed by atoms with Crippen LogP contribution in [0.5, 0.6) is 0 Å². The second-order valence-corrected chi connectivity index (χ2v) is 3.08. The number of rotatable bonds is 3. The van der Waals surface area contributed by atoms with Gasteiger partial charge in [-0.3, -0.25) is 4.79 Å². The number of nitrogens with one attached hydrogen (secondary N) is 1. The van der Waals surface area contributed by atoms with E-state index in [9.17, 15) is 4.79 Å². The molecule has 0 aromatic heterocycles. The molecule has 0 saturated heterocycles. The Kier molecular flexibility index (Phi) is 3.69. The molecule has 3 nitrogen and oxygen atoms in total. The van der Waals surface area contributed by atoms with E-state index >= 15 is 0 Å². The van der Waals surface area contributed by atoms with Gasteiger partial charge in [0, 0.05) is 18.5 Å². The first kappa shape index (κ1) is 10.3. The fourth-order valence-corrected chi connectivity index (χ4v) is 1.12. The van der Waals surface area contributed by atoms with Crippen LogP contribution in [0.1, 0.15) is 18.4 Å². The Morgan fingerprint density at radius 1 is 1.57 bits per heavy atom. The molecule has 0 bridgehead atoms. The third-order valence-electron chi connectivity index (χ3n) is 1.77. The number of aryl methyl sites for hydroxylation is 1. The van der Waals surface area contributed by atoms with Crippen LogP contribution < -0.4 is 5.32 Å². The van der Waals surface area contributed by atoms with E-state index in [1.807, 2.05) is 37.3 Å². The summed E-state index contributed by atoms with van der Waals surface area (Å²) in [6, 6.07) is 9.51. The molecule has 1 N–H and O–H groups in total. The van der Waals surface area contributed by atoms with Gasteiger partial charge in [-0.25, -0.2) is 0 Å². The summed E-state index contributed by atoms with van der Waals surface area (Å²) in [4.78, 5) is 11.2. The zero-order valence-electron chi connectivity index (χ0n) is 8.08. The first-order valence-electron chi connectivity index (χ1n) is 4.46. The highest BCUT2D eigenvalue weighted by molar-refractivity contribution is 5.90. The number of nitriles is 1. The van der Waals surface area contributed by atoms with Crippen molar-refractivity contribution in [3.8, 4) is 6.07 Å². The van der Waals surface area contributed by atoms with Gasteiger partial charge in [0.25, 0.3) is 0 Å². The van der Waals surface area contributed by atoms with Crippen molar-refractivity contribution in [1.29, 1.82) is 5.26 Å². The summed E-state index contributed by atoms with van der Waals surface area (Å²) in [5.41, 5.74) is 1.89. The van der Waals surface area contributed by atoms with Gasteiger partial charge in [0.1, 0.15) is 0 Å². The molecule has 1 aromatic rings. The molecule has 1 rings (SSSR count). The Bertz CT molecular complexity index is 366. The minimum Gasteiger partial charge on any atom is -0.326 e. The average molecular weight is 188 g/mol. The molecule has 1 amide bonds. The van der Waals surface area contributed by atoms with Crippen LogP contribution in [0.15, 0.2) is 24.3 Å². The SMILES string of the molecule is Cc1cccc(NC(=O)CCC#N)c1. The second kappa shape index (κ2) is 5.03. The first-order valence-corrected chi connectivity index (χ1v) is 4.46. The van der Waals surface area contributed by atoms with Crippen molar-refractivity contribution >= 4 is 11.6 Å². The number of carbonyl (C=O) groups is 1. The van der Waals surface area contributed by atoms with Gasteiger partial charge in [0.15, 0.2) is 0 Å². The van der Waals surface area contributed by atoms with Gasteiger partial charge in [-0.15, -0.1) is 0 Å². The van der Waals surface area contributed by atoms with Gasteiger partial charge in [-0.2, -0.15) is 5.26 Å². The zero-order chi connectivity index (χ0) is 10.4. The van der Waals surface area contributed by atoms with E-state index in [1.54, 1.807) is 0 Å². The molecule has 72 valence electrons. The number of anilines is 1. The van der Waals surface area contributed by atoms with E-state index in [0.29, 0.717) is 0 Å². The predicted molar refractivity (Wildman–Crippen MR) is 54.7 cm³/mol. The number of benzene rings is 1. The van der Waals surface area contributed by atoms with Crippen molar-refractivity contribution in [3.05, 3.63) is 29.8 Å². The summed E-state index contributed by atoms with van der Waals surface area (Å²) in [5.74, 6) is -0.114. The third-order valence-corrected chi connectivity index (χ3v) is 1.77. The smallest absolute Gasteiger partial charge is 0.225 e. The van der Waals surface area contributed by atoms with Crippen LogP contribution in [0.25, 0.3) is 0 Å². The molecule has 0 radical (unpaired) electrons. The van der Waals surface area contributed by atoms with Gasteiger partial charge in [-0.1, -0.05) is 12.1 Å². The van der Waals surface area contributed by atoms with Crippen molar-refractivity contribution in [1.82, 2.24) is 0 Å². The lowest BCUT2D eigenvalue weighted by Gasteiger charge is -2.03. The van der Waals surface area contributed by atoms with Crippen LogP contribution in [-0.4, -0.2) is 5.91 Å². The summed E-state index contributed by atoms with van der Waals surface area (Å²) in [6.45, 7) is 1.96. The van der Waals surface area contributed by atoms with Gasteiger partial charge in [-0.05, 0) is 24.6 Å². The largest absolute Gasteiger partial charge is 0.326 e. The molecular weight excluding hydrogens is 176 g/mol. The molecule has 0 aliphatic rings. The fraction of sp³-hybridized carbons (Fsp3) is 0.273. The van der Waals surface area contributed by atoms with Crippen LogP contribution in [0, 0.1) is 18.3 Å². The van der Waals surface area contributed by atoms with Crippen molar-refractivity contribution < 1.29 is 4.79 Å². The molecule has 0 aliphatic carbocycles. The molecular formula is C11H12N2O. The Hall–Kier alpha value is -1.82. The summed E-state index contributed by atoms with van der Waals surface area (Å²) >= 11 is 0. The van der Waals surface area contributed by atoms with Crippen LogP contribution in [0.4, 0.5) is 5.69 Å². The molecule has 0 aliphatic heterocycles. The van der Waals surface area contributed by atoms with Gasteiger partial charge < -0.3 is 5.32 Å². The van der Waals surface area contributed by atoms with Crippen LogP contribution in [-0.2, 0) is 4.79 Å². The summed E-state index contributed by atoms with van der Waals surface area (Å²) in [5, 5.41) is 11.0. The van der Waals surface area contributed by atoms with E-state index < -0.39 is 0 Å². The quantitative estimate of drug-likeness (QED) is 0.790. The van der Waals surface area contributed by atoms with E-state index in [1.165, 1.54) is 0 Å². The molecule has 3 heteroatoms. The maximum atomic E-state index is 11.2. The van der Waals surface area contributed by atoms with Crippen molar-refractivity contribution in [2.45, 2.75) is 19.8 Å². The summed E-state index contributed by atoms with van der Waals surface area (Å²) in [7, 11) is 0. The third kappa shape index (κ3) is 3.28. The molecule has 0 unspecified atom stereocenters. The lowest BCUT2D eigenvalue weighted by molar-refractivity contribution is -0.116.